The Kier molecular flexibility index (Phi) is 3.91. The van der Waals surface area contributed by atoms with Crippen LogP contribution in [0, 0.1) is 0 Å². The fourth-order valence-corrected chi connectivity index (χ4v) is 3.12. The normalized spacial score (nSPS) is 19.7. The Morgan fingerprint density at radius 2 is 2.18 bits per heavy atom. The number of thioether (sulfide) groups is 1. The fraction of sp³-hybridized carbons (Fsp3) is 0.273. The Morgan fingerprint density at radius 1 is 1.53 bits per heavy atom. The maximum absolute atomic E-state index is 11.1. The van der Waals surface area contributed by atoms with E-state index in [2.05, 4.69) is 0 Å². The van der Waals surface area contributed by atoms with Gasteiger partial charge in [-0.15, -0.1) is 0 Å². The van der Waals surface area contributed by atoms with Crippen LogP contribution in [0.3, 0.4) is 0 Å². The van der Waals surface area contributed by atoms with Gasteiger partial charge in [-0.05, 0) is 17.7 Å². The highest BCUT2D eigenvalue weighted by Crippen LogP contribution is 2.26. The monoisotopic (exact) mass is 287 g/mol. The fourth-order valence-electron chi connectivity index (χ4n) is 1.62. The minimum absolute atomic E-state index is 0.514. The molecule has 0 bridgehead atoms. The largest absolute Gasteiger partial charge is 0.480 e. The topological polar surface area (TPSA) is 40.5 Å². The molecule has 1 aromatic carbocycles. The third kappa shape index (κ3) is 2.91. The second-order valence-corrected chi connectivity index (χ2v) is 5.78. The zero-order chi connectivity index (χ0) is 12.4. The molecule has 0 spiro atoms. The first-order chi connectivity index (χ1) is 8.08. The number of nitrogens with zero attached hydrogens (tertiary/aromatic N) is 1. The summed E-state index contributed by atoms with van der Waals surface area (Å²) < 4.78 is 0.646. The Hall–Kier alpha value is -0.780. The van der Waals surface area contributed by atoms with Gasteiger partial charge < -0.3 is 10.0 Å². The quantitative estimate of drug-likeness (QED) is 0.866. The summed E-state index contributed by atoms with van der Waals surface area (Å²) in [5.74, 6) is -0.312. The molecule has 0 aliphatic carbocycles. The molecule has 1 heterocycles. The minimum atomic E-state index is -0.827. The van der Waals surface area contributed by atoms with E-state index >= 15 is 0 Å². The average Bonchev–Trinajstić information content (AvgIpc) is 2.64. The van der Waals surface area contributed by atoms with Crippen molar-refractivity contribution in [1.82, 2.24) is 4.90 Å². The van der Waals surface area contributed by atoms with E-state index in [0.717, 1.165) is 5.56 Å². The highest BCUT2D eigenvalue weighted by Gasteiger charge is 2.34. The van der Waals surface area contributed by atoms with Gasteiger partial charge in [0.1, 0.15) is 10.4 Å². The number of thiocarbonyl (C=S) groups is 1. The van der Waals surface area contributed by atoms with Gasteiger partial charge in [0.05, 0.1) is 0 Å². The van der Waals surface area contributed by atoms with E-state index in [4.69, 9.17) is 28.9 Å². The van der Waals surface area contributed by atoms with E-state index in [1.165, 1.54) is 11.8 Å². The number of halogens is 1. The molecular weight excluding hydrogens is 278 g/mol. The highest BCUT2D eigenvalue weighted by atomic mass is 35.5. The van der Waals surface area contributed by atoms with Crippen LogP contribution in [-0.2, 0) is 11.3 Å². The zero-order valence-electron chi connectivity index (χ0n) is 8.80. The number of hydrogen-bond acceptors (Lipinski definition) is 3. The van der Waals surface area contributed by atoms with Gasteiger partial charge in [-0.25, -0.2) is 4.79 Å². The molecule has 1 aliphatic rings. The van der Waals surface area contributed by atoms with Crippen molar-refractivity contribution in [2.75, 3.05) is 5.75 Å². The molecule has 0 radical (unpaired) electrons. The molecule has 90 valence electrons. The average molecular weight is 288 g/mol. The van der Waals surface area contributed by atoms with Crippen molar-refractivity contribution in [3.05, 3.63) is 34.9 Å². The van der Waals surface area contributed by atoms with Crippen LogP contribution in [0.5, 0.6) is 0 Å². The zero-order valence-corrected chi connectivity index (χ0v) is 11.2. The molecule has 1 aliphatic heterocycles. The van der Waals surface area contributed by atoms with Gasteiger partial charge in [-0.1, -0.05) is 47.7 Å². The molecule has 3 nitrogen and oxygen atoms in total. The Morgan fingerprint density at radius 3 is 2.76 bits per heavy atom. The maximum atomic E-state index is 11.1. The molecule has 1 aromatic rings. The van der Waals surface area contributed by atoms with Crippen LogP contribution >= 0.6 is 35.6 Å². The molecule has 0 aromatic heterocycles. The Bertz CT molecular complexity index is 449. The van der Waals surface area contributed by atoms with Crippen LogP contribution in [0.25, 0.3) is 0 Å². The summed E-state index contributed by atoms with van der Waals surface area (Å²) in [6.07, 6.45) is 0. The van der Waals surface area contributed by atoms with E-state index in [9.17, 15) is 4.79 Å². The molecule has 1 fully saturated rings. The van der Waals surface area contributed by atoms with Gasteiger partial charge in [0.15, 0.2) is 0 Å². The summed E-state index contributed by atoms with van der Waals surface area (Å²) in [6, 6.07) is 6.82. The lowest BCUT2D eigenvalue weighted by molar-refractivity contribution is -0.140. The Labute approximate surface area is 114 Å². The van der Waals surface area contributed by atoms with Crippen LogP contribution < -0.4 is 0 Å². The van der Waals surface area contributed by atoms with E-state index < -0.39 is 12.0 Å². The summed E-state index contributed by atoms with van der Waals surface area (Å²) in [6.45, 7) is 0.514. The standard InChI is InChI=1S/C11H10ClNO2S2/c12-8-3-1-7(2-4-8)5-13-9(10(14)15)6-17-11(13)16/h1-4,9H,5-6H2,(H,14,15)/t9-/m0/s1. The van der Waals surface area contributed by atoms with E-state index in [1.54, 1.807) is 17.0 Å². The van der Waals surface area contributed by atoms with E-state index in [-0.39, 0.29) is 0 Å². The predicted molar refractivity (Wildman–Crippen MR) is 73.5 cm³/mol. The first-order valence-corrected chi connectivity index (χ1v) is 6.76. The number of hydrogen-bond donors (Lipinski definition) is 1. The summed E-state index contributed by atoms with van der Waals surface area (Å²) in [5, 5.41) is 9.76. The number of carboxylic acids is 1. The summed E-state index contributed by atoms with van der Waals surface area (Å²) in [4.78, 5) is 12.8. The number of carboxylic acid groups (broad SMARTS) is 1. The number of carbonyl (C=O) groups is 1. The van der Waals surface area contributed by atoms with E-state index in [0.29, 0.717) is 21.6 Å². The molecule has 6 heteroatoms. The second kappa shape index (κ2) is 5.25. The van der Waals surface area contributed by atoms with Crippen molar-refractivity contribution in [2.45, 2.75) is 12.6 Å². The second-order valence-electron chi connectivity index (χ2n) is 3.69. The van der Waals surface area contributed by atoms with Gasteiger partial charge in [-0.3, -0.25) is 0 Å². The van der Waals surface area contributed by atoms with Crippen molar-refractivity contribution in [2.24, 2.45) is 0 Å². The smallest absolute Gasteiger partial charge is 0.327 e. The highest BCUT2D eigenvalue weighted by molar-refractivity contribution is 8.23. The Balaban J connectivity index is 2.13. The summed E-state index contributed by atoms with van der Waals surface area (Å²) >= 11 is 12.4. The molecule has 17 heavy (non-hydrogen) atoms. The van der Waals surface area contributed by atoms with Crippen molar-refractivity contribution < 1.29 is 9.90 Å². The molecule has 0 amide bonds. The lowest BCUT2D eigenvalue weighted by atomic mass is 10.2. The van der Waals surface area contributed by atoms with Crippen LogP contribution in [0.1, 0.15) is 5.56 Å². The number of benzene rings is 1. The minimum Gasteiger partial charge on any atom is -0.480 e. The molecule has 0 saturated carbocycles. The summed E-state index contributed by atoms with van der Waals surface area (Å²) in [7, 11) is 0. The molecule has 0 unspecified atom stereocenters. The van der Waals surface area contributed by atoms with Crippen LogP contribution in [-0.4, -0.2) is 32.1 Å². The van der Waals surface area contributed by atoms with Crippen molar-refractivity contribution in [3.63, 3.8) is 0 Å². The molecule has 1 atom stereocenters. The van der Waals surface area contributed by atoms with Crippen molar-refractivity contribution >= 4 is 45.9 Å². The van der Waals surface area contributed by atoms with Crippen LogP contribution in [0.2, 0.25) is 5.02 Å². The molecular formula is C11H10ClNO2S2. The first-order valence-electron chi connectivity index (χ1n) is 4.98. The lowest BCUT2D eigenvalue weighted by Gasteiger charge is -2.22. The maximum Gasteiger partial charge on any atom is 0.327 e. The van der Waals surface area contributed by atoms with Gasteiger partial charge in [-0.2, -0.15) is 0 Å². The number of aliphatic carboxylic acids is 1. The predicted octanol–water partition coefficient (Wildman–Crippen LogP) is 2.63. The first kappa shape index (κ1) is 12.7. The number of rotatable bonds is 3. The summed E-state index contributed by atoms with van der Waals surface area (Å²) in [5.41, 5.74) is 1.01. The SMILES string of the molecule is O=C(O)[C@@H]1CSC(=S)N1Cc1ccc(Cl)cc1. The lowest BCUT2D eigenvalue weighted by Crippen LogP contribution is -2.38. The third-order valence-corrected chi connectivity index (χ3v) is 4.33. The third-order valence-electron chi connectivity index (χ3n) is 2.53. The molecule has 1 saturated heterocycles. The van der Waals surface area contributed by atoms with Crippen molar-refractivity contribution in [1.29, 1.82) is 0 Å². The van der Waals surface area contributed by atoms with Gasteiger partial charge >= 0.3 is 5.97 Å². The van der Waals surface area contributed by atoms with Crippen LogP contribution in [0.4, 0.5) is 0 Å². The van der Waals surface area contributed by atoms with Gasteiger partial charge in [0, 0.05) is 17.3 Å². The molecule has 2 rings (SSSR count). The van der Waals surface area contributed by atoms with Gasteiger partial charge in [0.2, 0.25) is 0 Å². The van der Waals surface area contributed by atoms with E-state index in [1.807, 2.05) is 12.1 Å². The van der Waals surface area contributed by atoms with Crippen molar-refractivity contribution in [3.8, 4) is 0 Å². The van der Waals surface area contributed by atoms with Crippen LogP contribution in [0.15, 0.2) is 24.3 Å². The van der Waals surface area contributed by atoms with Gasteiger partial charge in [0.25, 0.3) is 0 Å². The molecule has 1 N–H and O–H groups in total.